The van der Waals surface area contributed by atoms with Crippen LogP contribution in [0.25, 0.3) is 10.9 Å². The van der Waals surface area contributed by atoms with Crippen LogP contribution in [0.2, 0.25) is 10.0 Å². The first kappa shape index (κ1) is 23.5. The summed E-state index contributed by atoms with van der Waals surface area (Å²) in [5.41, 5.74) is 2.97. The van der Waals surface area contributed by atoms with E-state index in [9.17, 15) is 4.79 Å². The minimum absolute atomic E-state index is 0.158. The molecule has 1 saturated carbocycles. The third-order valence-corrected chi connectivity index (χ3v) is 6.63. The van der Waals surface area contributed by atoms with Crippen LogP contribution < -0.4 is 20.9 Å². The predicted octanol–water partition coefficient (Wildman–Crippen LogP) is 5.83. The summed E-state index contributed by atoms with van der Waals surface area (Å²) in [6, 6.07) is 15.9. The third kappa shape index (κ3) is 6.01. The number of nitrogens with one attached hydrogen (secondary N) is 3. The number of urea groups is 1. The van der Waals surface area contributed by atoms with E-state index in [1.807, 2.05) is 38.4 Å². The summed E-state index contributed by atoms with van der Waals surface area (Å²) in [6.45, 7) is 0.362. The number of aromatic nitrogens is 1. The number of nitrogens with zero attached hydrogens (tertiary/aromatic N) is 2. The van der Waals surface area contributed by atoms with Gasteiger partial charge < -0.3 is 20.9 Å². The molecule has 4 rings (SSSR count). The molecule has 1 fully saturated rings. The second kappa shape index (κ2) is 10.5. The molecule has 0 radical (unpaired) electrons. The highest BCUT2D eigenvalue weighted by atomic mass is 35.5. The molecule has 0 spiro atoms. The number of anilines is 2. The van der Waals surface area contributed by atoms with Crippen molar-refractivity contribution >= 4 is 51.6 Å². The van der Waals surface area contributed by atoms with Gasteiger partial charge in [0, 0.05) is 59.9 Å². The van der Waals surface area contributed by atoms with Gasteiger partial charge in [-0.3, -0.25) is 0 Å². The zero-order chi connectivity index (χ0) is 23.4. The molecule has 3 N–H and O–H groups in total. The van der Waals surface area contributed by atoms with Gasteiger partial charge in [0.05, 0.1) is 5.52 Å². The summed E-state index contributed by atoms with van der Waals surface area (Å²) >= 11 is 12.1. The minimum Gasteiger partial charge on any atom is -0.377 e. The Kier molecular flexibility index (Phi) is 7.46. The summed E-state index contributed by atoms with van der Waals surface area (Å²) in [6.07, 6.45) is 3.78. The number of hydrogen-bond acceptors (Lipinski definition) is 4. The molecule has 0 bridgehead atoms. The topological polar surface area (TPSA) is 69.3 Å². The minimum atomic E-state index is -0.177. The van der Waals surface area contributed by atoms with Crippen molar-refractivity contribution in [3.05, 3.63) is 64.1 Å². The van der Waals surface area contributed by atoms with E-state index in [-0.39, 0.29) is 12.1 Å². The van der Waals surface area contributed by atoms with Gasteiger partial charge in [-0.2, -0.15) is 0 Å². The van der Waals surface area contributed by atoms with Gasteiger partial charge in [-0.1, -0.05) is 47.5 Å². The van der Waals surface area contributed by atoms with Gasteiger partial charge in [-0.25, -0.2) is 9.78 Å². The number of rotatable bonds is 6. The molecule has 0 saturated heterocycles. The van der Waals surface area contributed by atoms with Crippen LogP contribution in [0.15, 0.2) is 48.5 Å². The number of carbonyl (C=O) groups is 1. The van der Waals surface area contributed by atoms with Gasteiger partial charge >= 0.3 is 6.03 Å². The summed E-state index contributed by atoms with van der Waals surface area (Å²) in [7, 11) is 4.10. The zero-order valence-electron chi connectivity index (χ0n) is 18.9. The van der Waals surface area contributed by atoms with Crippen LogP contribution in [0.1, 0.15) is 31.2 Å². The number of pyridine rings is 1. The van der Waals surface area contributed by atoms with Crippen LogP contribution in [0.5, 0.6) is 0 Å². The lowest BCUT2D eigenvalue weighted by molar-refractivity contribution is 0.231. The van der Waals surface area contributed by atoms with Gasteiger partial charge in [0.1, 0.15) is 5.82 Å². The number of benzene rings is 2. The molecule has 1 aliphatic carbocycles. The predicted molar refractivity (Wildman–Crippen MR) is 138 cm³/mol. The Hall–Kier alpha value is -2.70. The van der Waals surface area contributed by atoms with Crippen molar-refractivity contribution in [2.75, 3.05) is 24.3 Å². The first-order chi connectivity index (χ1) is 15.9. The molecule has 2 aromatic carbocycles. The van der Waals surface area contributed by atoms with Crippen LogP contribution in [-0.4, -0.2) is 37.2 Å². The highest BCUT2D eigenvalue weighted by Crippen LogP contribution is 2.29. The molecule has 33 heavy (non-hydrogen) atoms. The molecule has 1 aromatic heterocycles. The Balaban J connectivity index is 1.28. The molecule has 1 aliphatic rings. The Labute approximate surface area is 204 Å². The van der Waals surface area contributed by atoms with Gasteiger partial charge in [0.2, 0.25) is 0 Å². The Morgan fingerprint density at radius 3 is 2.48 bits per heavy atom. The monoisotopic (exact) mass is 485 g/mol. The number of amides is 2. The lowest BCUT2D eigenvalue weighted by atomic mass is 9.91. The van der Waals surface area contributed by atoms with Crippen molar-refractivity contribution in [3.8, 4) is 0 Å². The normalized spacial score (nSPS) is 18.1. The fourth-order valence-electron chi connectivity index (χ4n) is 4.27. The Morgan fingerprint density at radius 2 is 1.76 bits per heavy atom. The molecule has 174 valence electrons. The number of para-hydroxylation sites is 1. The second-order valence-corrected chi connectivity index (χ2v) is 9.54. The van der Waals surface area contributed by atoms with Crippen molar-refractivity contribution in [2.45, 2.75) is 44.3 Å². The highest BCUT2D eigenvalue weighted by Gasteiger charge is 2.23. The first-order valence-electron chi connectivity index (χ1n) is 11.2. The van der Waals surface area contributed by atoms with Crippen molar-refractivity contribution in [3.63, 3.8) is 0 Å². The van der Waals surface area contributed by atoms with Crippen molar-refractivity contribution in [1.29, 1.82) is 0 Å². The van der Waals surface area contributed by atoms with E-state index in [2.05, 4.69) is 33.0 Å². The quantitative estimate of drug-likeness (QED) is 0.410. The maximum Gasteiger partial charge on any atom is 0.315 e. The number of halogens is 2. The Morgan fingerprint density at radius 1 is 1.03 bits per heavy atom. The molecular formula is C25H29Cl2N5O. The fourth-order valence-corrected chi connectivity index (χ4v) is 4.74. The maximum atomic E-state index is 12.3. The van der Waals surface area contributed by atoms with Crippen LogP contribution >= 0.6 is 23.2 Å². The molecule has 0 atom stereocenters. The molecule has 0 aliphatic heterocycles. The van der Waals surface area contributed by atoms with E-state index in [0.29, 0.717) is 22.6 Å². The van der Waals surface area contributed by atoms with Gasteiger partial charge in [0.15, 0.2) is 0 Å². The van der Waals surface area contributed by atoms with Crippen molar-refractivity contribution in [1.82, 2.24) is 15.6 Å². The van der Waals surface area contributed by atoms with Crippen molar-refractivity contribution in [2.24, 2.45) is 0 Å². The summed E-state index contributed by atoms with van der Waals surface area (Å²) in [5.74, 6) is 0.895. The van der Waals surface area contributed by atoms with Gasteiger partial charge in [-0.15, -0.1) is 0 Å². The van der Waals surface area contributed by atoms with Gasteiger partial charge in [-0.05, 0) is 49.4 Å². The summed E-state index contributed by atoms with van der Waals surface area (Å²) < 4.78 is 0. The third-order valence-electron chi connectivity index (χ3n) is 6.05. The molecule has 3 aromatic rings. The smallest absolute Gasteiger partial charge is 0.315 e. The van der Waals surface area contributed by atoms with E-state index in [4.69, 9.17) is 28.2 Å². The number of carbonyl (C=O) groups excluding carboxylic acids is 1. The van der Waals surface area contributed by atoms with Crippen molar-refractivity contribution < 1.29 is 4.79 Å². The maximum absolute atomic E-state index is 12.3. The molecule has 6 nitrogen and oxygen atoms in total. The highest BCUT2D eigenvalue weighted by molar-refractivity contribution is 6.35. The fraction of sp³-hybridized carbons (Fsp3) is 0.360. The largest absolute Gasteiger partial charge is 0.377 e. The van der Waals surface area contributed by atoms with Crippen LogP contribution in [-0.2, 0) is 6.54 Å². The van der Waals surface area contributed by atoms with E-state index in [1.165, 1.54) is 0 Å². The first-order valence-corrected chi connectivity index (χ1v) is 12.0. The Bertz CT molecular complexity index is 1130. The molecule has 8 heteroatoms. The molecule has 2 amide bonds. The lowest BCUT2D eigenvalue weighted by Crippen LogP contribution is -2.44. The van der Waals surface area contributed by atoms with E-state index < -0.39 is 0 Å². The average Bonchev–Trinajstić information content (AvgIpc) is 2.79. The van der Waals surface area contributed by atoms with Crippen LogP contribution in [0.4, 0.5) is 16.3 Å². The van der Waals surface area contributed by atoms with Crippen LogP contribution in [0.3, 0.4) is 0 Å². The molecule has 0 unspecified atom stereocenters. The summed E-state index contributed by atoms with van der Waals surface area (Å²) in [4.78, 5) is 19.3. The molecule has 1 heterocycles. The number of hydrogen-bond donors (Lipinski definition) is 3. The lowest BCUT2D eigenvalue weighted by Gasteiger charge is -2.30. The molecular weight excluding hydrogens is 457 g/mol. The standard InChI is InChI=1S/C25H29Cl2N5O/c1-32(2)23-14-24(31-22-6-4-3-5-20(22)23)29-18-9-11-19(12-10-18)30-25(33)28-15-16-7-8-17(26)13-21(16)27/h3-8,13-14,18-19H,9-12,15H2,1-2H3,(H,29,31)(H2,28,30,33)/t18-,19+. The summed E-state index contributed by atoms with van der Waals surface area (Å²) in [5, 5.41) is 11.8. The van der Waals surface area contributed by atoms with Gasteiger partial charge in [0.25, 0.3) is 0 Å². The van der Waals surface area contributed by atoms with E-state index >= 15 is 0 Å². The number of fused-ring (bicyclic) bond motifs is 1. The zero-order valence-corrected chi connectivity index (χ0v) is 20.4. The second-order valence-electron chi connectivity index (χ2n) is 8.69. The van der Waals surface area contributed by atoms with E-state index in [1.54, 1.807) is 12.1 Å². The van der Waals surface area contributed by atoms with E-state index in [0.717, 1.165) is 53.7 Å². The average molecular weight is 486 g/mol. The van der Waals surface area contributed by atoms with Crippen LogP contribution in [0, 0.1) is 0 Å². The SMILES string of the molecule is CN(C)c1cc(N[C@H]2CC[C@@H](NC(=O)NCc3ccc(Cl)cc3Cl)CC2)nc2ccccc12.